The van der Waals surface area contributed by atoms with Gasteiger partial charge in [0.05, 0.1) is 26.5 Å². The van der Waals surface area contributed by atoms with Crippen LogP contribution in [0, 0.1) is 0 Å². The van der Waals surface area contributed by atoms with Gasteiger partial charge in [-0.3, -0.25) is 4.79 Å². The number of aromatic nitrogens is 2. The normalized spacial score (nSPS) is 14.6. The Balaban J connectivity index is 1.69. The molecule has 0 radical (unpaired) electrons. The van der Waals surface area contributed by atoms with Crippen molar-refractivity contribution < 1.29 is 24.2 Å². The Morgan fingerprint density at radius 3 is 2.52 bits per heavy atom. The number of carbonyl (C=O) groups excluding carboxylic acids is 1. The second-order valence-electron chi connectivity index (χ2n) is 6.77. The maximum atomic E-state index is 12.9. The molecule has 1 aliphatic rings. The minimum absolute atomic E-state index is 0.0377. The molecule has 9 nitrogen and oxygen atoms in total. The van der Waals surface area contributed by atoms with Crippen molar-refractivity contribution in [3.8, 4) is 11.5 Å². The second kappa shape index (κ2) is 8.23. The number of benzene rings is 2. The molecule has 2 aromatic carbocycles. The van der Waals surface area contributed by atoms with Crippen LogP contribution in [-0.4, -0.2) is 41.0 Å². The molecule has 2 heterocycles. The Kier molecular flexibility index (Phi) is 5.31. The minimum atomic E-state index is -1.13. The fraction of sp³-hybridized carbons (Fsp3) is 0.136. The molecule has 0 saturated carbocycles. The van der Waals surface area contributed by atoms with Crippen LogP contribution < -0.4 is 20.1 Å². The highest BCUT2D eigenvalue weighted by atomic mass is 16.5. The molecule has 158 valence electrons. The fourth-order valence-corrected chi connectivity index (χ4v) is 3.32. The first kappa shape index (κ1) is 20.0. The van der Waals surface area contributed by atoms with Gasteiger partial charge in [0.2, 0.25) is 0 Å². The van der Waals surface area contributed by atoms with Gasteiger partial charge in [-0.05, 0) is 35.9 Å². The number of fused-ring (bicyclic) bond motifs is 1. The van der Waals surface area contributed by atoms with E-state index in [1.807, 2.05) is 12.1 Å². The number of nitrogens with zero attached hydrogens (tertiary/aromatic N) is 2. The first-order chi connectivity index (χ1) is 15.0. The molecule has 1 aromatic heterocycles. The van der Waals surface area contributed by atoms with E-state index in [4.69, 9.17) is 9.47 Å². The molecule has 4 rings (SSSR count). The topological polar surface area (TPSA) is 115 Å². The molecule has 31 heavy (non-hydrogen) atoms. The van der Waals surface area contributed by atoms with E-state index in [0.717, 1.165) is 5.56 Å². The predicted octanol–water partition coefficient (Wildman–Crippen LogP) is 3.14. The molecule has 1 amide bonds. The Bertz CT molecular complexity index is 1170. The standard InChI is InChI=1S/C22H20N4O5/c1-30-15-8-6-13(7-9-15)19-11-18(22(28)29)25-20-17(12-23-26(19)20)21(27)24-14-4-3-5-16(10-14)31-2/h3-12,19,25H,1-2H3,(H,24,27)(H,28,29)/t19-/m1/s1. The largest absolute Gasteiger partial charge is 0.497 e. The first-order valence-corrected chi connectivity index (χ1v) is 9.39. The van der Waals surface area contributed by atoms with E-state index in [9.17, 15) is 14.7 Å². The number of carbonyl (C=O) groups is 2. The molecule has 0 fully saturated rings. The molecule has 9 heteroatoms. The van der Waals surface area contributed by atoms with Crippen LogP contribution in [0.5, 0.6) is 11.5 Å². The number of hydrogen-bond donors (Lipinski definition) is 3. The van der Waals surface area contributed by atoms with Crippen molar-refractivity contribution in [1.82, 2.24) is 9.78 Å². The number of amides is 1. The smallest absolute Gasteiger partial charge is 0.352 e. The minimum Gasteiger partial charge on any atom is -0.497 e. The summed E-state index contributed by atoms with van der Waals surface area (Å²) in [6.07, 6.45) is 2.96. The van der Waals surface area contributed by atoms with Crippen molar-refractivity contribution in [3.63, 3.8) is 0 Å². The summed E-state index contributed by atoms with van der Waals surface area (Å²) in [5.74, 6) is 0.0103. The van der Waals surface area contributed by atoms with E-state index in [1.165, 1.54) is 13.3 Å². The Morgan fingerprint density at radius 1 is 1.10 bits per heavy atom. The molecule has 0 saturated heterocycles. The summed E-state index contributed by atoms with van der Waals surface area (Å²) in [5.41, 5.74) is 1.52. The van der Waals surface area contributed by atoms with Gasteiger partial charge in [-0.25, -0.2) is 9.48 Å². The van der Waals surface area contributed by atoms with Crippen molar-refractivity contribution >= 4 is 23.4 Å². The van der Waals surface area contributed by atoms with Gasteiger partial charge in [0.15, 0.2) is 0 Å². The van der Waals surface area contributed by atoms with E-state index in [1.54, 1.807) is 54.3 Å². The molecule has 0 bridgehead atoms. The SMILES string of the molecule is COc1ccc([C@H]2C=C(C(=O)O)Nc3c(C(=O)Nc4cccc(OC)c4)cnn32)cc1. The number of carboxylic acids is 1. The van der Waals surface area contributed by atoms with Crippen molar-refractivity contribution in [2.24, 2.45) is 0 Å². The summed E-state index contributed by atoms with van der Waals surface area (Å²) in [6.45, 7) is 0. The highest BCUT2D eigenvalue weighted by Gasteiger charge is 2.29. The van der Waals surface area contributed by atoms with Gasteiger partial charge in [-0.15, -0.1) is 0 Å². The lowest BCUT2D eigenvalue weighted by Crippen LogP contribution is -2.25. The van der Waals surface area contributed by atoms with E-state index in [-0.39, 0.29) is 11.3 Å². The third-order valence-corrected chi connectivity index (χ3v) is 4.90. The average molecular weight is 420 g/mol. The van der Waals surface area contributed by atoms with Crippen LogP contribution in [0.3, 0.4) is 0 Å². The van der Waals surface area contributed by atoms with E-state index in [2.05, 4.69) is 15.7 Å². The number of methoxy groups -OCH3 is 2. The zero-order valence-electron chi connectivity index (χ0n) is 16.8. The number of nitrogens with one attached hydrogen (secondary N) is 2. The van der Waals surface area contributed by atoms with Crippen molar-refractivity contribution in [2.75, 3.05) is 24.9 Å². The second-order valence-corrected chi connectivity index (χ2v) is 6.77. The number of allylic oxidation sites excluding steroid dienone is 1. The molecule has 1 atom stereocenters. The van der Waals surface area contributed by atoms with Crippen LogP contribution in [0.1, 0.15) is 22.0 Å². The van der Waals surface area contributed by atoms with E-state index >= 15 is 0 Å². The molecular weight excluding hydrogens is 400 g/mol. The molecule has 0 spiro atoms. The van der Waals surface area contributed by atoms with Gasteiger partial charge < -0.3 is 25.2 Å². The lowest BCUT2D eigenvalue weighted by Gasteiger charge is -2.24. The van der Waals surface area contributed by atoms with Gasteiger partial charge in [-0.1, -0.05) is 18.2 Å². The van der Waals surface area contributed by atoms with E-state index in [0.29, 0.717) is 23.0 Å². The molecular formula is C22H20N4O5. The summed E-state index contributed by atoms with van der Waals surface area (Å²) in [6, 6.07) is 13.6. The summed E-state index contributed by atoms with van der Waals surface area (Å²) in [7, 11) is 3.11. The summed E-state index contributed by atoms with van der Waals surface area (Å²) >= 11 is 0. The lowest BCUT2D eigenvalue weighted by atomic mass is 10.0. The van der Waals surface area contributed by atoms with Crippen molar-refractivity contribution in [1.29, 1.82) is 0 Å². The highest BCUT2D eigenvalue weighted by Crippen LogP contribution is 2.33. The number of ether oxygens (including phenoxy) is 2. The Hall–Kier alpha value is -4.27. The fourth-order valence-electron chi connectivity index (χ4n) is 3.32. The van der Waals surface area contributed by atoms with Crippen molar-refractivity contribution in [3.05, 3.63) is 77.6 Å². The summed E-state index contributed by atoms with van der Waals surface area (Å²) in [4.78, 5) is 24.6. The quantitative estimate of drug-likeness (QED) is 0.561. The lowest BCUT2D eigenvalue weighted by molar-refractivity contribution is -0.132. The molecule has 1 aliphatic heterocycles. The van der Waals surface area contributed by atoms with Gasteiger partial charge >= 0.3 is 5.97 Å². The van der Waals surface area contributed by atoms with Crippen LogP contribution in [0.4, 0.5) is 11.5 Å². The highest BCUT2D eigenvalue weighted by molar-refractivity contribution is 6.08. The van der Waals surface area contributed by atoms with E-state index < -0.39 is 17.9 Å². The van der Waals surface area contributed by atoms with Gasteiger partial charge in [0, 0.05) is 11.8 Å². The Labute approximate surface area is 177 Å². The van der Waals surface area contributed by atoms with Crippen LogP contribution in [-0.2, 0) is 4.79 Å². The van der Waals surface area contributed by atoms with Crippen LogP contribution in [0.25, 0.3) is 0 Å². The average Bonchev–Trinajstić information content (AvgIpc) is 3.23. The predicted molar refractivity (Wildman–Crippen MR) is 114 cm³/mol. The maximum absolute atomic E-state index is 12.9. The monoisotopic (exact) mass is 420 g/mol. The molecule has 3 N–H and O–H groups in total. The molecule has 0 aliphatic carbocycles. The first-order valence-electron chi connectivity index (χ1n) is 9.39. The zero-order chi connectivity index (χ0) is 22.0. The number of hydrogen-bond acceptors (Lipinski definition) is 6. The maximum Gasteiger partial charge on any atom is 0.352 e. The molecule has 0 unspecified atom stereocenters. The van der Waals surface area contributed by atoms with Crippen molar-refractivity contribution in [2.45, 2.75) is 6.04 Å². The summed E-state index contributed by atoms with van der Waals surface area (Å²) < 4.78 is 11.9. The number of anilines is 2. The zero-order valence-corrected chi connectivity index (χ0v) is 16.8. The Morgan fingerprint density at radius 2 is 1.84 bits per heavy atom. The van der Waals surface area contributed by atoms with Crippen LogP contribution in [0.15, 0.2) is 66.5 Å². The van der Waals surface area contributed by atoms with Gasteiger partial charge in [-0.2, -0.15) is 5.10 Å². The number of carboxylic acid groups (broad SMARTS) is 1. The van der Waals surface area contributed by atoms with Gasteiger partial charge in [0.1, 0.15) is 28.6 Å². The van der Waals surface area contributed by atoms with Gasteiger partial charge in [0.25, 0.3) is 5.91 Å². The van der Waals surface area contributed by atoms with Crippen LogP contribution >= 0.6 is 0 Å². The number of aliphatic carboxylic acids is 1. The van der Waals surface area contributed by atoms with Crippen LogP contribution in [0.2, 0.25) is 0 Å². The molecule has 3 aromatic rings. The number of rotatable bonds is 6. The third kappa shape index (κ3) is 3.93. The summed E-state index contributed by atoms with van der Waals surface area (Å²) in [5, 5.41) is 19.5. The third-order valence-electron chi connectivity index (χ3n) is 4.90.